The summed E-state index contributed by atoms with van der Waals surface area (Å²) < 4.78 is 5.42. The molecular weight excluding hydrogens is 228 g/mol. The third-order valence-electron chi connectivity index (χ3n) is 3.38. The van der Waals surface area contributed by atoms with Crippen LogP contribution in [0.3, 0.4) is 0 Å². The molecule has 0 aromatic rings. The van der Waals surface area contributed by atoms with Gasteiger partial charge in [0, 0.05) is 25.0 Å². The zero-order valence-electron chi connectivity index (χ0n) is 9.72. The number of hydrogen-bond donors (Lipinski definition) is 1. The van der Waals surface area contributed by atoms with E-state index in [1.807, 2.05) is 11.8 Å². The van der Waals surface area contributed by atoms with E-state index in [4.69, 9.17) is 10.5 Å². The second-order valence-corrected chi connectivity index (χ2v) is 4.74. The maximum atomic E-state index is 12.1. The highest BCUT2D eigenvalue weighted by atomic mass is 35.5. The van der Waals surface area contributed by atoms with Crippen LogP contribution in [0, 0.1) is 5.92 Å². The smallest absolute Gasteiger partial charge is 0.225 e. The Morgan fingerprint density at radius 1 is 1.44 bits per heavy atom. The number of amides is 1. The van der Waals surface area contributed by atoms with Crippen LogP contribution in [0.25, 0.3) is 0 Å². The molecule has 94 valence electrons. The molecule has 0 radical (unpaired) electrons. The number of hydrogen-bond acceptors (Lipinski definition) is 3. The van der Waals surface area contributed by atoms with Gasteiger partial charge in [-0.3, -0.25) is 4.79 Å². The van der Waals surface area contributed by atoms with Crippen LogP contribution in [0.5, 0.6) is 0 Å². The van der Waals surface area contributed by atoms with Gasteiger partial charge in [-0.15, -0.1) is 12.4 Å². The van der Waals surface area contributed by atoms with Crippen molar-refractivity contribution in [3.8, 4) is 0 Å². The number of morpholine rings is 1. The molecule has 0 aromatic carbocycles. The van der Waals surface area contributed by atoms with E-state index in [1.165, 1.54) is 0 Å². The van der Waals surface area contributed by atoms with Gasteiger partial charge in [-0.1, -0.05) is 0 Å². The standard InChI is InChI=1S/C11H20N2O2.ClH/c1-8-7-13(4-5-15-8)11(14)9-2-3-10(12)6-9;/h8-10H,2-7,12H2,1H3;1H. The van der Waals surface area contributed by atoms with Crippen molar-refractivity contribution in [1.29, 1.82) is 0 Å². The summed E-state index contributed by atoms with van der Waals surface area (Å²) >= 11 is 0. The first-order valence-corrected chi connectivity index (χ1v) is 5.83. The molecule has 1 amide bonds. The lowest BCUT2D eigenvalue weighted by Gasteiger charge is -2.32. The van der Waals surface area contributed by atoms with Gasteiger partial charge in [0.15, 0.2) is 0 Å². The topological polar surface area (TPSA) is 55.6 Å². The monoisotopic (exact) mass is 248 g/mol. The Labute approximate surface area is 103 Å². The van der Waals surface area contributed by atoms with Crippen LogP contribution < -0.4 is 5.73 Å². The first kappa shape index (κ1) is 13.7. The maximum Gasteiger partial charge on any atom is 0.225 e. The summed E-state index contributed by atoms with van der Waals surface area (Å²) in [5, 5.41) is 0. The zero-order valence-corrected chi connectivity index (χ0v) is 10.5. The normalized spacial score (nSPS) is 34.6. The van der Waals surface area contributed by atoms with Gasteiger partial charge in [-0.25, -0.2) is 0 Å². The number of nitrogens with zero attached hydrogens (tertiary/aromatic N) is 1. The first-order valence-electron chi connectivity index (χ1n) is 5.83. The lowest BCUT2D eigenvalue weighted by Crippen LogP contribution is -2.46. The van der Waals surface area contributed by atoms with E-state index < -0.39 is 0 Å². The molecule has 1 aliphatic carbocycles. The Morgan fingerprint density at radius 2 is 2.19 bits per heavy atom. The van der Waals surface area contributed by atoms with Crippen molar-refractivity contribution < 1.29 is 9.53 Å². The molecule has 0 spiro atoms. The van der Waals surface area contributed by atoms with Gasteiger partial charge >= 0.3 is 0 Å². The average molecular weight is 249 g/mol. The van der Waals surface area contributed by atoms with Gasteiger partial charge in [0.2, 0.25) is 5.91 Å². The van der Waals surface area contributed by atoms with Crippen molar-refractivity contribution in [2.75, 3.05) is 19.7 Å². The minimum Gasteiger partial charge on any atom is -0.375 e. The summed E-state index contributed by atoms with van der Waals surface area (Å²) in [4.78, 5) is 14.0. The van der Waals surface area contributed by atoms with Crippen molar-refractivity contribution in [3.05, 3.63) is 0 Å². The molecule has 1 heterocycles. The van der Waals surface area contributed by atoms with Crippen molar-refractivity contribution in [1.82, 2.24) is 4.90 Å². The van der Waals surface area contributed by atoms with Crippen molar-refractivity contribution in [3.63, 3.8) is 0 Å². The van der Waals surface area contributed by atoms with Gasteiger partial charge in [0.1, 0.15) is 0 Å². The molecule has 16 heavy (non-hydrogen) atoms. The molecule has 1 aliphatic heterocycles. The molecule has 3 unspecified atom stereocenters. The van der Waals surface area contributed by atoms with E-state index in [9.17, 15) is 4.79 Å². The van der Waals surface area contributed by atoms with Crippen molar-refractivity contribution in [2.45, 2.75) is 38.3 Å². The second-order valence-electron chi connectivity index (χ2n) is 4.74. The molecule has 3 atom stereocenters. The van der Waals surface area contributed by atoms with Gasteiger partial charge in [-0.05, 0) is 26.2 Å². The fourth-order valence-corrected chi connectivity index (χ4v) is 2.52. The molecule has 1 saturated heterocycles. The van der Waals surface area contributed by atoms with E-state index in [0.717, 1.165) is 32.4 Å². The molecular formula is C11H21ClN2O2. The van der Waals surface area contributed by atoms with E-state index in [2.05, 4.69) is 0 Å². The molecule has 1 saturated carbocycles. The van der Waals surface area contributed by atoms with E-state index in [1.54, 1.807) is 0 Å². The fraction of sp³-hybridized carbons (Fsp3) is 0.909. The molecule has 2 N–H and O–H groups in total. The van der Waals surface area contributed by atoms with Gasteiger partial charge in [0.05, 0.1) is 12.7 Å². The summed E-state index contributed by atoms with van der Waals surface area (Å²) in [6.45, 7) is 4.17. The Hall–Kier alpha value is -0.320. The number of halogens is 1. The predicted octanol–water partition coefficient (Wildman–Crippen LogP) is 0.783. The molecule has 2 fully saturated rings. The summed E-state index contributed by atoms with van der Waals surface area (Å²) in [6.07, 6.45) is 3.00. The minimum absolute atomic E-state index is 0. The molecule has 2 rings (SSSR count). The molecule has 4 nitrogen and oxygen atoms in total. The fourth-order valence-electron chi connectivity index (χ4n) is 2.52. The zero-order chi connectivity index (χ0) is 10.8. The third kappa shape index (κ3) is 3.09. The van der Waals surface area contributed by atoms with Crippen LogP contribution in [0.4, 0.5) is 0 Å². The predicted molar refractivity (Wildman–Crippen MR) is 64.6 cm³/mol. The van der Waals surface area contributed by atoms with Gasteiger partial charge in [0.25, 0.3) is 0 Å². The lowest BCUT2D eigenvalue weighted by molar-refractivity contribution is -0.142. The highest BCUT2D eigenvalue weighted by Gasteiger charge is 2.32. The number of carbonyl (C=O) groups is 1. The van der Waals surface area contributed by atoms with Crippen LogP contribution in [-0.4, -0.2) is 42.6 Å². The van der Waals surface area contributed by atoms with Crippen LogP contribution in [0.1, 0.15) is 26.2 Å². The Bertz CT molecular complexity index is 250. The molecule has 0 bridgehead atoms. The van der Waals surface area contributed by atoms with E-state index in [0.29, 0.717) is 6.61 Å². The van der Waals surface area contributed by atoms with Crippen molar-refractivity contribution in [2.24, 2.45) is 11.7 Å². The van der Waals surface area contributed by atoms with Crippen LogP contribution in [-0.2, 0) is 9.53 Å². The number of ether oxygens (including phenoxy) is 1. The first-order chi connectivity index (χ1) is 7.16. The minimum atomic E-state index is 0. The lowest BCUT2D eigenvalue weighted by atomic mass is 10.1. The largest absolute Gasteiger partial charge is 0.375 e. The average Bonchev–Trinajstić information content (AvgIpc) is 2.64. The summed E-state index contributed by atoms with van der Waals surface area (Å²) in [5.41, 5.74) is 5.82. The summed E-state index contributed by atoms with van der Waals surface area (Å²) in [7, 11) is 0. The maximum absolute atomic E-state index is 12.1. The van der Waals surface area contributed by atoms with Crippen LogP contribution >= 0.6 is 12.4 Å². The number of rotatable bonds is 1. The van der Waals surface area contributed by atoms with Crippen LogP contribution in [0.2, 0.25) is 0 Å². The highest BCUT2D eigenvalue weighted by molar-refractivity contribution is 5.85. The summed E-state index contributed by atoms with van der Waals surface area (Å²) in [5.74, 6) is 0.461. The number of nitrogens with two attached hydrogens (primary N) is 1. The Balaban J connectivity index is 0.00000128. The van der Waals surface area contributed by atoms with Crippen LogP contribution in [0.15, 0.2) is 0 Å². The quantitative estimate of drug-likeness (QED) is 0.746. The van der Waals surface area contributed by atoms with Crippen molar-refractivity contribution >= 4 is 18.3 Å². The second kappa shape index (κ2) is 5.84. The third-order valence-corrected chi connectivity index (χ3v) is 3.38. The highest BCUT2D eigenvalue weighted by Crippen LogP contribution is 2.26. The molecule has 2 aliphatic rings. The van der Waals surface area contributed by atoms with E-state index in [-0.39, 0.29) is 36.4 Å². The Kier molecular flexibility index (Phi) is 5.02. The van der Waals surface area contributed by atoms with Gasteiger partial charge < -0.3 is 15.4 Å². The SMILES string of the molecule is CC1CN(C(=O)C2CCC(N)C2)CCO1.Cl. The van der Waals surface area contributed by atoms with E-state index >= 15 is 0 Å². The van der Waals surface area contributed by atoms with Gasteiger partial charge in [-0.2, -0.15) is 0 Å². The molecule has 5 heteroatoms. The molecule has 0 aromatic heterocycles. The number of carbonyl (C=O) groups excluding carboxylic acids is 1. The Morgan fingerprint density at radius 3 is 2.75 bits per heavy atom. The summed E-state index contributed by atoms with van der Waals surface area (Å²) in [6, 6.07) is 0.234.